The molecular weight excluding hydrogens is 420 g/mol. The predicted octanol–water partition coefficient (Wildman–Crippen LogP) is 4.26. The van der Waals surface area contributed by atoms with E-state index in [9.17, 15) is 0 Å². The van der Waals surface area contributed by atoms with Crippen molar-refractivity contribution in [1.29, 1.82) is 0 Å². The van der Waals surface area contributed by atoms with Crippen molar-refractivity contribution in [3.63, 3.8) is 0 Å². The van der Waals surface area contributed by atoms with E-state index in [0.717, 1.165) is 60.0 Å². The highest BCUT2D eigenvalue weighted by molar-refractivity contribution is 5.79. The largest absolute Gasteiger partial charge is 0.493 e. The Labute approximate surface area is 192 Å². The van der Waals surface area contributed by atoms with Crippen molar-refractivity contribution in [2.24, 2.45) is 0 Å². The number of nitrogens with one attached hydrogen (secondary N) is 1. The lowest BCUT2D eigenvalue weighted by Crippen LogP contribution is -2.36. The van der Waals surface area contributed by atoms with Gasteiger partial charge < -0.3 is 28.8 Å². The number of aromatic nitrogens is 2. The Bertz CT molecular complexity index is 1210. The number of hydrogen-bond acceptors (Lipinski definition) is 8. The molecule has 0 atom stereocenters. The van der Waals surface area contributed by atoms with Crippen LogP contribution in [-0.2, 0) is 17.9 Å². The Kier molecular flexibility index (Phi) is 6.25. The molecule has 0 spiro atoms. The summed E-state index contributed by atoms with van der Waals surface area (Å²) in [5.74, 6) is 2.27. The third-order valence-electron chi connectivity index (χ3n) is 5.56. The van der Waals surface area contributed by atoms with Gasteiger partial charge in [-0.15, -0.1) is 0 Å². The second kappa shape index (κ2) is 9.79. The van der Waals surface area contributed by atoms with Crippen molar-refractivity contribution in [3.8, 4) is 11.5 Å². The van der Waals surface area contributed by atoms with Crippen LogP contribution in [0.25, 0.3) is 11.0 Å². The summed E-state index contributed by atoms with van der Waals surface area (Å²) in [5.41, 5.74) is 4.77. The molecule has 5 rings (SSSR count). The molecule has 4 aromatic rings. The summed E-state index contributed by atoms with van der Waals surface area (Å²) in [4.78, 5) is 11.6. The smallest absolute Gasteiger partial charge is 0.161 e. The predicted molar refractivity (Wildman–Crippen MR) is 126 cm³/mol. The molecule has 0 bridgehead atoms. The first-order valence-corrected chi connectivity index (χ1v) is 10.9. The van der Waals surface area contributed by atoms with E-state index in [1.807, 2.05) is 48.7 Å². The van der Waals surface area contributed by atoms with Gasteiger partial charge in [-0.3, -0.25) is 4.98 Å². The second-order valence-corrected chi connectivity index (χ2v) is 7.79. The number of morpholine rings is 1. The van der Waals surface area contributed by atoms with Crippen LogP contribution in [-0.4, -0.2) is 43.4 Å². The minimum atomic E-state index is 0.426. The van der Waals surface area contributed by atoms with E-state index in [2.05, 4.69) is 15.2 Å². The molecule has 2 aromatic carbocycles. The fraction of sp³-hybridized carbons (Fsp3) is 0.280. The van der Waals surface area contributed by atoms with Crippen molar-refractivity contribution in [2.45, 2.75) is 13.2 Å². The van der Waals surface area contributed by atoms with Gasteiger partial charge in [0.05, 0.1) is 50.1 Å². The van der Waals surface area contributed by atoms with Crippen molar-refractivity contribution >= 4 is 22.5 Å². The molecule has 3 heterocycles. The second-order valence-electron chi connectivity index (χ2n) is 7.79. The highest BCUT2D eigenvalue weighted by atomic mass is 16.5. The van der Waals surface area contributed by atoms with E-state index in [1.165, 1.54) is 0 Å². The van der Waals surface area contributed by atoms with E-state index in [0.29, 0.717) is 24.7 Å². The van der Waals surface area contributed by atoms with Crippen LogP contribution < -0.4 is 19.7 Å². The summed E-state index contributed by atoms with van der Waals surface area (Å²) in [6, 6.07) is 13.9. The lowest BCUT2D eigenvalue weighted by Gasteiger charge is -2.27. The van der Waals surface area contributed by atoms with Gasteiger partial charge in [-0.1, -0.05) is 6.07 Å². The van der Waals surface area contributed by atoms with Gasteiger partial charge in [0.25, 0.3) is 0 Å². The summed E-state index contributed by atoms with van der Waals surface area (Å²) >= 11 is 0. The Morgan fingerprint density at radius 2 is 1.91 bits per heavy atom. The summed E-state index contributed by atoms with van der Waals surface area (Å²) < 4.78 is 21.9. The maximum Gasteiger partial charge on any atom is 0.161 e. The zero-order valence-corrected chi connectivity index (χ0v) is 18.5. The molecular formula is C25H26N4O4. The van der Waals surface area contributed by atoms with E-state index in [1.54, 1.807) is 19.6 Å². The molecule has 0 saturated carbocycles. The fourth-order valence-corrected chi connectivity index (χ4v) is 3.74. The number of ether oxygens (including phenoxy) is 3. The molecule has 1 fully saturated rings. The Morgan fingerprint density at radius 1 is 1.00 bits per heavy atom. The van der Waals surface area contributed by atoms with Crippen LogP contribution in [0.3, 0.4) is 0 Å². The molecule has 1 saturated heterocycles. The number of anilines is 2. The highest BCUT2D eigenvalue weighted by Gasteiger charge is 2.13. The van der Waals surface area contributed by atoms with Crippen LogP contribution in [0.5, 0.6) is 11.5 Å². The van der Waals surface area contributed by atoms with E-state index in [4.69, 9.17) is 23.6 Å². The number of nitrogens with zero attached hydrogens (tertiary/aromatic N) is 3. The van der Waals surface area contributed by atoms with Gasteiger partial charge in [0.1, 0.15) is 12.4 Å². The molecule has 8 nitrogen and oxygen atoms in total. The Morgan fingerprint density at radius 3 is 2.73 bits per heavy atom. The number of fused-ring (bicyclic) bond motifs is 1. The fourth-order valence-electron chi connectivity index (χ4n) is 3.74. The first kappa shape index (κ1) is 21.1. The van der Waals surface area contributed by atoms with Crippen molar-refractivity contribution < 1.29 is 18.6 Å². The van der Waals surface area contributed by atoms with Gasteiger partial charge in [0.15, 0.2) is 11.5 Å². The summed E-state index contributed by atoms with van der Waals surface area (Å²) in [5, 5.41) is 3.47. The molecule has 0 aliphatic carbocycles. The maximum absolute atomic E-state index is 5.87. The molecule has 0 radical (unpaired) electrons. The zero-order chi connectivity index (χ0) is 22.5. The van der Waals surface area contributed by atoms with Crippen LogP contribution in [0.2, 0.25) is 0 Å². The quantitative estimate of drug-likeness (QED) is 0.430. The topological polar surface area (TPSA) is 81.9 Å². The summed E-state index contributed by atoms with van der Waals surface area (Å²) in [6.07, 6.45) is 5.14. The average Bonchev–Trinajstić information content (AvgIpc) is 3.40. The van der Waals surface area contributed by atoms with E-state index in [-0.39, 0.29) is 0 Å². The molecule has 170 valence electrons. The third kappa shape index (κ3) is 5.01. The van der Waals surface area contributed by atoms with Crippen molar-refractivity contribution in [3.05, 3.63) is 72.3 Å². The highest BCUT2D eigenvalue weighted by Crippen LogP contribution is 2.29. The molecule has 0 unspecified atom stereocenters. The van der Waals surface area contributed by atoms with Crippen molar-refractivity contribution in [2.75, 3.05) is 43.6 Å². The molecule has 0 amide bonds. The average molecular weight is 447 g/mol. The number of methoxy groups -OCH3 is 1. The van der Waals surface area contributed by atoms with Gasteiger partial charge >= 0.3 is 0 Å². The minimum Gasteiger partial charge on any atom is -0.493 e. The third-order valence-corrected chi connectivity index (χ3v) is 5.56. The lowest BCUT2D eigenvalue weighted by molar-refractivity contribution is 0.122. The van der Waals surface area contributed by atoms with Crippen LogP contribution in [0.1, 0.15) is 11.1 Å². The number of furan rings is 1. The summed E-state index contributed by atoms with van der Waals surface area (Å²) in [7, 11) is 1.64. The van der Waals surface area contributed by atoms with Gasteiger partial charge in [0.2, 0.25) is 0 Å². The number of hydrogen-bond donors (Lipinski definition) is 1. The standard InChI is InChI=1S/C25H26N4O4/c1-30-24-12-18(2-5-23(24)33-17-19-6-9-32-16-19)14-26-20-3-4-21-22(13-20)28-25(15-27-21)29-7-10-31-11-8-29/h2-6,9,12-13,15-16,26H,7-8,10-11,14,17H2,1H3. The van der Waals surface area contributed by atoms with Crippen LogP contribution in [0.15, 0.2) is 65.6 Å². The van der Waals surface area contributed by atoms with Crippen LogP contribution in [0, 0.1) is 0 Å². The molecule has 1 aliphatic heterocycles. The maximum atomic E-state index is 5.87. The van der Waals surface area contributed by atoms with Crippen LogP contribution in [0.4, 0.5) is 11.5 Å². The van der Waals surface area contributed by atoms with Gasteiger partial charge in [-0.2, -0.15) is 0 Å². The number of rotatable bonds is 8. The van der Waals surface area contributed by atoms with Crippen LogP contribution >= 0.6 is 0 Å². The zero-order valence-electron chi connectivity index (χ0n) is 18.5. The van der Waals surface area contributed by atoms with Gasteiger partial charge in [-0.05, 0) is 42.0 Å². The number of benzene rings is 2. The van der Waals surface area contributed by atoms with E-state index < -0.39 is 0 Å². The monoisotopic (exact) mass is 446 g/mol. The lowest BCUT2D eigenvalue weighted by atomic mass is 10.2. The normalized spacial score (nSPS) is 13.8. The van der Waals surface area contributed by atoms with Gasteiger partial charge in [-0.25, -0.2) is 4.98 Å². The minimum absolute atomic E-state index is 0.426. The molecule has 8 heteroatoms. The van der Waals surface area contributed by atoms with Crippen molar-refractivity contribution in [1.82, 2.24) is 9.97 Å². The Hall–Kier alpha value is -3.78. The van der Waals surface area contributed by atoms with Gasteiger partial charge in [0, 0.05) is 30.9 Å². The van der Waals surface area contributed by atoms with E-state index >= 15 is 0 Å². The first-order valence-electron chi connectivity index (χ1n) is 10.9. The summed E-state index contributed by atoms with van der Waals surface area (Å²) in [6.45, 7) is 4.18. The SMILES string of the molecule is COc1cc(CNc2ccc3ncc(N4CCOCC4)nc3c2)ccc1OCc1ccoc1. The molecule has 2 aromatic heterocycles. The molecule has 1 aliphatic rings. The first-order chi connectivity index (χ1) is 16.3. The Balaban J connectivity index is 1.26. The molecule has 33 heavy (non-hydrogen) atoms. The molecule has 1 N–H and O–H groups in total.